The topological polar surface area (TPSA) is 84.8 Å². The van der Waals surface area contributed by atoms with Gasteiger partial charge in [0.05, 0.1) is 25.0 Å². The Hall–Kier alpha value is -3.94. The lowest BCUT2D eigenvalue weighted by Gasteiger charge is -2.17. The zero-order chi connectivity index (χ0) is 19.1. The van der Waals surface area contributed by atoms with Crippen molar-refractivity contribution in [1.82, 2.24) is 29.7 Å². The quantitative estimate of drug-likeness (QED) is 0.521. The minimum absolute atomic E-state index is 0.587. The zero-order valence-corrected chi connectivity index (χ0v) is 15.4. The van der Waals surface area contributed by atoms with Gasteiger partial charge in [0.25, 0.3) is 0 Å². The van der Waals surface area contributed by atoms with E-state index in [9.17, 15) is 0 Å². The Labute approximate surface area is 160 Å². The molecule has 0 unspecified atom stereocenters. The molecule has 3 aromatic heterocycles. The number of aromatic nitrogens is 6. The first-order chi connectivity index (χ1) is 13.7. The Morgan fingerprint density at radius 1 is 1.04 bits per heavy atom. The Morgan fingerprint density at radius 3 is 2.71 bits per heavy atom. The first-order valence-electron chi connectivity index (χ1n) is 8.74. The van der Waals surface area contributed by atoms with Crippen LogP contribution in [0, 0.1) is 0 Å². The summed E-state index contributed by atoms with van der Waals surface area (Å²) < 4.78 is 7.18. The third-order valence-corrected chi connectivity index (χ3v) is 4.74. The third-order valence-electron chi connectivity index (χ3n) is 4.74. The molecule has 0 atom stereocenters. The number of hydrogen-bond donors (Lipinski definition) is 1. The van der Waals surface area contributed by atoms with Gasteiger partial charge in [0.1, 0.15) is 17.6 Å². The Morgan fingerprint density at radius 2 is 1.89 bits per heavy atom. The largest absolute Gasteiger partial charge is 0.497 e. The highest BCUT2D eigenvalue weighted by Crippen LogP contribution is 2.25. The third kappa shape index (κ3) is 2.62. The van der Waals surface area contributed by atoms with Gasteiger partial charge in [-0.25, -0.2) is 9.97 Å². The zero-order valence-electron chi connectivity index (χ0n) is 15.4. The Kier molecular flexibility index (Phi) is 3.68. The summed E-state index contributed by atoms with van der Waals surface area (Å²) in [5.74, 6) is 1.39. The molecule has 1 N–H and O–H groups in total. The van der Waals surface area contributed by atoms with E-state index in [1.165, 1.54) is 0 Å². The molecule has 0 amide bonds. The van der Waals surface area contributed by atoms with Gasteiger partial charge in [0, 0.05) is 23.8 Å². The molecule has 138 valence electrons. The van der Waals surface area contributed by atoms with Crippen LogP contribution >= 0.6 is 0 Å². The van der Waals surface area contributed by atoms with Crippen LogP contribution < -0.4 is 9.64 Å². The number of methoxy groups -OCH3 is 1. The highest BCUT2D eigenvalue weighted by atomic mass is 16.5. The molecule has 0 radical (unpaired) electrons. The van der Waals surface area contributed by atoms with Gasteiger partial charge in [-0.1, -0.05) is 0 Å². The predicted octanol–water partition coefficient (Wildman–Crippen LogP) is 3.47. The fraction of sp³-hybridized carbons (Fsp3) is 0.100. The second kappa shape index (κ2) is 6.34. The monoisotopic (exact) mass is 371 g/mol. The number of aromatic amines is 1. The molecule has 0 saturated carbocycles. The maximum Gasteiger partial charge on any atom is 0.231 e. The van der Waals surface area contributed by atoms with Crippen LogP contribution in [0.1, 0.15) is 0 Å². The van der Waals surface area contributed by atoms with Gasteiger partial charge in [0.2, 0.25) is 5.95 Å². The number of rotatable bonds is 4. The number of fused-ring (bicyclic) bond motifs is 2. The molecule has 5 rings (SSSR count). The molecule has 0 aliphatic rings. The predicted molar refractivity (Wildman–Crippen MR) is 107 cm³/mol. The van der Waals surface area contributed by atoms with Crippen molar-refractivity contribution < 1.29 is 4.74 Å². The van der Waals surface area contributed by atoms with Crippen molar-refractivity contribution in [3.8, 4) is 11.4 Å². The summed E-state index contributed by atoms with van der Waals surface area (Å²) in [7, 11) is 3.58. The summed E-state index contributed by atoms with van der Waals surface area (Å²) in [4.78, 5) is 15.6. The molecule has 2 aromatic carbocycles. The smallest absolute Gasteiger partial charge is 0.231 e. The van der Waals surface area contributed by atoms with E-state index in [1.54, 1.807) is 25.8 Å². The molecule has 3 heterocycles. The van der Waals surface area contributed by atoms with Crippen LogP contribution in [0.25, 0.3) is 27.8 Å². The number of ether oxygens (including phenoxy) is 1. The fourth-order valence-corrected chi connectivity index (χ4v) is 3.15. The van der Waals surface area contributed by atoms with Crippen molar-refractivity contribution in [1.29, 1.82) is 0 Å². The molecule has 8 nitrogen and oxygen atoms in total. The molecule has 8 heteroatoms. The number of imidazole rings is 1. The minimum atomic E-state index is 0.587. The molecular weight excluding hydrogens is 354 g/mol. The summed E-state index contributed by atoms with van der Waals surface area (Å²) in [5.41, 5.74) is 4.40. The number of nitrogens with one attached hydrogen (secondary N) is 1. The standard InChI is InChI=1S/C20H17N7O/c1-26(14-3-6-16(28-2)7-4-14)20-21-11-18-19(24-20)27(12-22-18)15-5-8-17-13(9-15)10-23-25-17/h3-12H,1-2H3,(H,23,25). The van der Waals surface area contributed by atoms with Gasteiger partial charge in [-0.05, 0) is 42.5 Å². The molecule has 0 aliphatic heterocycles. The van der Waals surface area contributed by atoms with Crippen LogP contribution in [0.3, 0.4) is 0 Å². The van der Waals surface area contributed by atoms with Crippen LogP contribution in [0.15, 0.2) is 61.2 Å². The van der Waals surface area contributed by atoms with Crippen molar-refractivity contribution in [2.24, 2.45) is 0 Å². The summed E-state index contributed by atoms with van der Waals surface area (Å²) in [5, 5.41) is 8.07. The average Bonchev–Trinajstić information content (AvgIpc) is 3.39. The molecule has 0 fully saturated rings. The fourth-order valence-electron chi connectivity index (χ4n) is 3.15. The van der Waals surface area contributed by atoms with Crippen molar-refractivity contribution in [3.05, 3.63) is 61.2 Å². The number of nitrogens with zero attached hydrogens (tertiary/aromatic N) is 6. The molecule has 0 aliphatic carbocycles. The summed E-state index contributed by atoms with van der Waals surface area (Å²) in [6, 6.07) is 13.8. The number of hydrogen-bond acceptors (Lipinski definition) is 6. The van der Waals surface area contributed by atoms with Gasteiger partial charge < -0.3 is 9.64 Å². The molecule has 0 spiro atoms. The number of H-pyrrole nitrogens is 1. The maximum absolute atomic E-state index is 5.22. The van der Waals surface area contributed by atoms with Crippen LogP contribution in [0.5, 0.6) is 5.75 Å². The van der Waals surface area contributed by atoms with Gasteiger partial charge in [-0.3, -0.25) is 9.67 Å². The van der Waals surface area contributed by atoms with E-state index in [4.69, 9.17) is 9.72 Å². The van der Waals surface area contributed by atoms with Crippen LogP contribution in [0.2, 0.25) is 0 Å². The molecular formula is C20H17N7O. The normalized spacial score (nSPS) is 11.2. The van der Waals surface area contributed by atoms with E-state index in [1.807, 2.05) is 52.9 Å². The highest BCUT2D eigenvalue weighted by molar-refractivity contribution is 5.82. The van der Waals surface area contributed by atoms with Crippen LogP contribution in [0.4, 0.5) is 11.6 Å². The number of anilines is 2. The lowest BCUT2D eigenvalue weighted by Crippen LogP contribution is -2.13. The van der Waals surface area contributed by atoms with E-state index in [-0.39, 0.29) is 0 Å². The van der Waals surface area contributed by atoms with Gasteiger partial charge in [-0.15, -0.1) is 0 Å². The summed E-state index contributed by atoms with van der Waals surface area (Å²) in [6.07, 6.45) is 5.30. The Bertz CT molecular complexity index is 1270. The van der Waals surface area contributed by atoms with E-state index < -0.39 is 0 Å². The van der Waals surface area contributed by atoms with E-state index in [0.29, 0.717) is 5.95 Å². The van der Waals surface area contributed by atoms with E-state index >= 15 is 0 Å². The summed E-state index contributed by atoms with van der Waals surface area (Å²) in [6.45, 7) is 0. The highest BCUT2D eigenvalue weighted by Gasteiger charge is 2.13. The molecule has 5 aromatic rings. The molecule has 28 heavy (non-hydrogen) atoms. The van der Waals surface area contributed by atoms with Gasteiger partial charge >= 0.3 is 0 Å². The molecule has 0 saturated heterocycles. The average molecular weight is 371 g/mol. The first kappa shape index (κ1) is 16.2. The second-order valence-electron chi connectivity index (χ2n) is 6.39. The van der Waals surface area contributed by atoms with Gasteiger partial charge in [0.15, 0.2) is 5.65 Å². The minimum Gasteiger partial charge on any atom is -0.497 e. The van der Waals surface area contributed by atoms with Crippen molar-refractivity contribution in [3.63, 3.8) is 0 Å². The maximum atomic E-state index is 5.22. The Balaban J connectivity index is 1.57. The van der Waals surface area contributed by atoms with Crippen molar-refractivity contribution >= 4 is 33.7 Å². The number of benzene rings is 2. The first-order valence-corrected chi connectivity index (χ1v) is 8.74. The summed E-state index contributed by atoms with van der Waals surface area (Å²) >= 11 is 0. The second-order valence-corrected chi connectivity index (χ2v) is 6.39. The SMILES string of the molecule is COc1ccc(N(C)c2ncc3ncn(-c4ccc5[nH]ncc5c4)c3n2)cc1. The lowest BCUT2D eigenvalue weighted by atomic mass is 10.2. The van der Waals surface area contributed by atoms with Gasteiger partial charge in [-0.2, -0.15) is 10.1 Å². The van der Waals surface area contributed by atoms with Crippen molar-refractivity contribution in [2.45, 2.75) is 0 Å². The van der Waals surface area contributed by atoms with E-state index in [0.717, 1.165) is 39.2 Å². The van der Waals surface area contributed by atoms with Crippen molar-refractivity contribution in [2.75, 3.05) is 19.1 Å². The van der Waals surface area contributed by atoms with Crippen LogP contribution in [-0.4, -0.2) is 43.9 Å². The van der Waals surface area contributed by atoms with E-state index in [2.05, 4.69) is 26.2 Å². The van der Waals surface area contributed by atoms with Crippen LogP contribution in [-0.2, 0) is 0 Å². The molecule has 0 bridgehead atoms. The lowest BCUT2D eigenvalue weighted by molar-refractivity contribution is 0.415.